The lowest BCUT2D eigenvalue weighted by Crippen LogP contribution is -2.41. The van der Waals surface area contributed by atoms with Gasteiger partial charge in [-0.3, -0.25) is 9.89 Å². The van der Waals surface area contributed by atoms with Crippen molar-refractivity contribution >= 4 is 5.96 Å². The van der Waals surface area contributed by atoms with Crippen molar-refractivity contribution in [2.45, 2.75) is 37.9 Å². The van der Waals surface area contributed by atoms with Crippen LogP contribution in [0.1, 0.15) is 25.7 Å². The number of likely N-dealkylation sites (tertiary alicyclic amines) is 1. The summed E-state index contributed by atoms with van der Waals surface area (Å²) in [6.07, 6.45) is -0.283. The SMILES string of the molecule is NC(=NCC1CCN(CC(F)(F)F)CC1)NC1CC1. The fourth-order valence-electron chi connectivity index (χ4n) is 2.29. The van der Waals surface area contributed by atoms with Crippen LogP contribution < -0.4 is 11.1 Å². The van der Waals surface area contributed by atoms with Crippen molar-refractivity contribution in [1.29, 1.82) is 0 Å². The maximum absolute atomic E-state index is 12.2. The molecule has 1 aliphatic heterocycles. The van der Waals surface area contributed by atoms with Crippen LogP contribution in [0.2, 0.25) is 0 Å². The van der Waals surface area contributed by atoms with Gasteiger partial charge in [0.15, 0.2) is 5.96 Å². The number of rotatable bonds is 4. The third kappa shape index (κ3) is 5.67. The number of aliphatic imine (C=N–C) groups is 1. The quantitative estimate of drug-likeness (QED) is 0.602. The molecule has 0 aromatic carbocycles. The Labute approximate surface area is 111 Å². The van der Waals surface area contributed by atoms with Crippen molar-refractivity contribution in [2.75, 3.05) is 26.2 Å². The first-order chi connectivity index (χ1) is 8.92. The van der Waals surface area contributed by atoms with E-state index >= 15 is 0 Å². The Morgan fingerprint density at radius 2 is 1.84 bits per heavy atom. The zero-order chi connectivity index (χ0) is 13.9. The minimum atomic E-state index is -4.09. The molecule has 0 spiro atoms. The van der Waals surface area contributed by atoms with Crippen LogP contribution in [-0.4, -0.2) is 49.3 Å². The van der Waals surface area contributed by atoms with Gasteiger partial charge < -0.3 is 11.1 Å². The Hall–Kier alpha value is -0.980. The van der Waals surface area contributed by atoms with Crippen molar-refractivity contribution in [3.8, 4) is 0 Å². The van der Waals surface area contributed by atoms with Crippen molar-refractivity contribution in [3.63, 3.8) is 0 Å². The van der Waals surface area contributed by atoms with Gasteiger partial charge in [0.2, 0.25) is 0 Å². The standard InChI is InChI=1S/C12H21F3N4/c13-12(14,15)8-19-5-3-9(4-6-19)7-17-11(16)18-10-1-2-10/h9-10H,1-8H2,(H3,16,17,18). The van der Waals surface area contributed by atoms with E-state index in [2.05, 4.69) is 10.3 Å². The maximum atomic E-state index is 12.2. The highest BCUT2D eigenvalue weighted by Crippen LogP contribution is 2.22. The molecule has 19 heavy (non-hydrogen) atoms. The molecule has 0 bridgehead atoms. The van der Waals surface area contributed by atoms with Gasteiger partial charge in [-0.15, -0.1) is 0 Å². The number of nitrogens with two attached hydrogens (primary N) is 1. The van der Waals surface area contributed by atoms with E-state index in [1.54, 1.807) is 0 Å². The Morgan fingerprint density at radius 3 is 2.37 bits per heavy atom. The summed E-state index contributed by atoms with van der Waals surface area (Å²) >= 11 is 0. The number of hydrogen-bond donors (Lipinski definition) is 2. The molecule has 2 rings (SSSR count). The molecule has 0 radical (unpaired) electrons. The fraction of sp³-hybridized carbons (Fsp3) is 0.917. The van der Waals surface area contributed by atoms with Gasteiger partial charge in [0.25, 0.3) is 0 Å². The zero-order valence-electron chi connectivity index (χ0n) is 10.9. The monoisotopic (exact) mass is 278 g/mol. The molecule has 1 aliphatic carbocycles. The van der Waals surface area contributed by atoms with E-state index in [-0.39, 0.29) is 0 Å². The minimum Gasteiger partial charge on any atom is -0.370 e. The molecule has 0 amide bonds. The van der Waals surface area contributed by atoms with Crippen LogP contribution in [0.3, 0.4) is 0 Å². The molecule has 1 saturated heterocycles. The Bertz CT molecular complexity index is 317. The average Bonchev–Trinajstić information content (AvgIpc) is 3.10. The summed E-state index contributed by atoms with van der Waals surface area (Å²) in [7, 11) is 0. The predicted molar refractivity (Wildman–Crippen MR) is 67.9 cm³/mol. The number of nitrogens with one attached hydrogen (secondary N) is 1. The van der Waals surface area contributed by atoms with Gasteiger partial charge in [0.05, 0.1) is 6.54 Å². The van der Waals surface area contributed by atoms with Crippen LogP contribution in [0.5, 0.6) is 0 Å². The van der Waals surface area contributed by atoms with Crippen LogP contribution >= 0.6 is 0 Å². The number of hydrogen-bond acceptors (Lipinski definition) is 2. The van der Waals surface area contributed by atoms with E-state index in [0.717, 1.165) is 25.7 Å². The molecule has 7 heteroatoms. The van der Waals surface area contributed by atoms with Crippen molar-refractivity contribution < 1.29 is 13.2 Å². The van der Waals surface area contributed by atoms with E-state index in [9.17, 15) is 13.2 Å². The minimum absolute atomic E-state index is 0.351. The molecule has 0 aromatic rings. The number of guanidine groups is 1. The molecule has 4 nitrogen and oxygen atoms in total. The second-order valence-corrected chi connectivity index (χ2v) is 5.48. The Kier molecular flexibility index (Phi) is 4.54. The first-order valence-corrected chi connectivity index (χ1v) is 6.78. The van der Waals surface area contributed by atoms with Crippen LogP contribution in [0.4, 0.5) is 13.2 Å². The lowest BCUT2D eigenvalue weighted by atomic mass is 9.97. The molecular formula is C12H21F3N4. The first kappa shape index (κ1) is 14.4. The predicted octanol–water partition coefficient (Wildman–Crippen LogP) is 1.33. The molecule has 2 aliphatic rings. The number of alkyl halides is 3. The van der Waals surface area contributed by atoms with Gasteiger partial charge in [-0.2, -0.15) is 13.2 Å². The van der Waals surface area contributed by atoms with E-state index in [4.69, 9.17) is 5.73 Å². The molecule has 0 unspecified atom stereocenters. The summed E-state index contributed by atoms with van der Waals surface area (Å²) in [5.74, 6) is 0.823. The summed E-state index contributed by atoms with van der Waals surface area (Å²) in [5.41, 5.74) is 5.72. The maximum Gasteiger partial charge on any atom is 0.401 e. The highest BCUT2D eigenvalue weighted by molar-refractivity contribution is 5.78. The summed E-state index contributed by atoms with van der Waals surface area (Å²) in [6.45, 7) is 0.811. The fourth-order valence-corrected chi connectivity index (χ4v) is 2.29. The van der Waals surface area contributed by atoms with Gasteiger partial charge in [0.1, 0.15) is 0 Å². The third-order valence-corrected chi connectivity index (χ3v) is 3.56. The summed E-state index contributed by atoms with van der Waals surface area (Å²) in [6, 6.07) is 0.484. The second kappa shape index (κ2) is 5.98. The summed E-state index contributed by atoms with van der Waals surface area (Å²) in [4.78, 5) is 5.73. The van der Waals surface area contributed by atoms with Crippen molar-refractivity contribution in [2.24, 2.45) is 16.6 Å². The number of piperidine rings is 1. The van der Waals surface area contributed by atoms with E-state index < -0.39 is 12.7 Å². The molecule has 1 heterocycles. The van der Waals surface area contributed by atoms with E-state index in [0.29, 0.717) is 37.6 Å². The molecule has 3 N–H and O–H groups in total. The van der Waals surface area contributed by atoms with Crippen LogP contribution in [-0.2, 0) is 0 Å². The molecule has 0 atom stereocenters. The first-order valence-electron chi connectivity index (χ1n) is 6.78. The van der Waals surface area contributed by atoms with Gasteiger partial charge in [-0.1, -0.05) is 0 Å². The summed E-state index contributed by atoms with van der Waals surface area (Å²) < 4.78 is 36.7. The highest BCUT2D eigenvalue weighted by Gasteiger charge is 2.32. The van der Waals surface area contributed by atoms with Gasteiger partial charge in [-0.25, -0.2) is 0 Å². The van der Waals surface area contributed by atoms with Crippen LogP contribution in [0, 0.1) is 5.92 Å². The van der Waals surface area contributed by atoms with E-state index in [1.807, 2.05) is 0 Å². The van der Waals surface area contributed by atoms with E-state index in [1.165, 1.54) is 4.90 Å². The van der Waals surface area contributed by atoms with Crippen LogP contribution in [0.25, 0.3) is 0 Å². The van der Waals surface area contributed by atoms with Gasteiger partial charge in [-0.05, 0) is 44.7 Å². The zero-order valence-corrected chi connectivity index (χ0v) is 10.9. The number of nitrogens with zero attached hydrogens (tertiary/aromatic N) is 2. The summed E-state index contributed by atoms with van der Waals surface area (Å²) in [5, 5.41) is 3.10. The number of halogens is 3. The molecule has 110 valence electrons. The van der Waals surface area contributed by atoms with Crippen LogP contribution in [0.15, 0.2) is 4.99 Å². The molecule has 1 saturated carbocycles. The normalized spacial score (nSPS) is 23.6. The highest BCUT2D eigenvalue weighted by atomic mass is 19.4. The Balaban J connectivity index is 1.65. The van der Waals surface area contributed by atoms with Crippen molar-refractivity contribution in [3.05, 3.63) is 0 Å². The Morgan fingerprint density at radius 1 is 1.21 bits per heavy atom. The third-order valence-electron chi connectivity index (χ3n) is 3.56. The lowest BCUT2D eigenvalue weighted by Gasteiger charge is -2.31. The van der Waals surface area contributed by atoms with Gasteiger partial charge in [0, 0.05) is 12.6 Å². The smallest absolute Gasteiger partial charge is 0.370 e. The molecular weight excluding hydrogens is 257 g/mol. The molecule has 2 fully saturated rings. The van der Waals surface area contributed by atoms with Gasteiger partial charge >= 0.3 is 6.18 Å². The van der Waals surface area contributed by atoms with Crippen molar-refractivity contribution in [1.82, 2.24) is 10.2 Å². The average molecular weight is 278 g/mol. The second-order valence-electron chi connectivity index (χ2n) is 5.48. The largest absolute Gasteiger partial charge is 0.401 e. The topological polar surface area (TPSA) is 53.6 Å². The molecule has 0 aromatic heterocycles. The lowest BCUT2D eigenvalue weighted by molar-refractivity contribution is -0.148.